The van der Waals surface area contributed by atoms with Crippen molar-refractivity contribution in [3.8, 4) is 17.0 Å². The zero-order chi connectivity index (χ0) is 12.9. The summed E-state index contributed by atoms with van der Waals surface area (Å²) >= 11 is 1.23. The summed E-state index contributed by atoms with van der Waals surface area (Å²) in [5.74, 6) is -0.164. The summed E-state index contributed by atoms with van der Waals surface area (Å²) in [4.78, 5) is 4.81. The smallest absolute Gasteiger partial charge is 0.419 e. The predicted molar refractivity (Wildman–Crippen MR) is 61.3 cm³/mol. The molecular weight excluding hydrogens is 265 g/mol. The standard InChI is InChI=1S/C11H7F3N2OS/c12-11(13,14)6-3-1-2-5-8-7(4-17-9(5)6)18-10(15)16-8/h1-3H,4H2,(H2,15,16). The van der Waals surface area contributed by atoms with Crippen LogP contribution >= 0.6 is 11.3 Å². The fourth-order valence-corrected chi connectivity index (χ4v) is 2.68. The van der Waals surface area contributed by atoms with Gasteiger partial charge in [0.1, 0.15) is 12.4 Å². The molecule has 3 rings (SSSR count). The molecule has 3 nitrogen and oxygen atoms in total. The predicted octanol–water partition coefficient (Wildman–Crippen LogP) is 3.30. The van der Waals surface area contributed by atoms with Crippen molar-refractivity contribution in [2.75, 3.05) is 5.73 Å². The van der Waals surface area contributed by atoms with Gasteiger partial charge in [-0.3, -0.25) is 0 Å². The molecule has 0 spiro atoms. The highest BCUT2D eigenvalue weighted by atomic mass is 32.1. The van der Waals surface area contributed by atoms with Gasteiger partial charge in [0, 0.05) is 5.56 Å². The van der Waals surface area contributed by atoms with Gasteiger partial charge in [0.05, 0.1) is 16.1 Å². The second-order valence-electron chi connectivity index (χ2n) is 3.79. The first kappa shape index (κ1) is 11.3. The number of anilines is 1. The number of halogens is 3. The lowest BCUT2D eigenvalue weighted by atomic mass is 10.0. The van der Waals surface area contributed by atoms with E-state index in [2.05, 4.69) is 4.98 Å². The molecule has 0 saturated heterocycles. The SMILES string of the molecule is Nc1nc2c(s1)COc1c-2cccc1C(F)(F)F. The molecule has 0 bridgehead atoms. The van der Waals surface area contributed by atoms with Crippen molar-refractivity contribution in [3.05, 3.63) is 28.6 Å². The van der Waals surface area contributed by atoms with Gasteiger partial charge in [0.2, 0.25) is 0 Å². The number of nitrogen functional groups attached to an aromatic ring is 1. The molecule has 0 unspecified atom stereocenters. The fraction of sp³-hybridized carbons (Fsp3) is 0.182. The van der Waals surface area contributed by atoms with E-state index in [0.717, 1.165) is 10.9 Å². The van der Waals surface area contributed by atoms with E-state index in [1.165, 1.54) is 17.4 Å². The number of fused-ring (bicyclic) bond motifs is 3. The van der Waals surface area contributed by atoms with Crippen molar-refractivity contribution in [1.29, 1.82) is 0 Å². The van der Waals surface area contributed by atoms with Crippen LogP contribution in [0.4, 0.5) is 18.3 Å². The third-order valence-corrected chi connectivity index (χ3v) is 3.50. The van der Waals surface area contributed by atoms with Crippen molar-refractivity contribution < 1.29 is 17.9 Å². The molecule has 0 amide bonds. The number of nitrogens with two attached hydrogens (primary N) is 1. The van der Waals surface area contributed by atoms with Crippen molar-refractivity contribution in [1.82, 2.24) is 4.98 Å². The molecule has 2 heterocycles. The molecule has 1 aromatic heterocycles. The highest BCUT2D eigenvalue weighted by Gasteiger charge is 2.37. The first-order valence-electron chi connectivity index (χ1n) is 5.05. The Bertz CT molecular complexity index is 621. The molecule has 0 aliphatic carbocycles. The lowest BCUT2D eigenvalue weighted by Crippen LogP contribution is -2.12. The van der Waals surface area contributed by atoms with Crippen LogP contribution < -0.4 is 10.5 Å². The second-order valence-corrected chi connectivity index (χ2v) is 4.91. The van der Waals surface area contributed by atoms with Crippen molar-refractivity contribution >= 4 is 16.5 Å². The summed E-state index contributed by atoms with van der Waals surface area (Å²) in [5.41, 5.74) is 5.63. The summed E-state index contributed by atoms with van der Waals surface area (Å²) in [6.07, 6.45) is -4.44. The summed E-state index contributed by atoms with van der Waals surface area (Å²) in [7, 11) is 0. The number of aromatic nitrogens is 1. The Morgan fingerprint density at radius 3 is 2.83 bits per heavy atom. The average molecular weight is 272 g/mol. The molecule has 0 radical (unpaired) electrons. The van der Waals surface area contributed by atoms with Crippen LogP contribution in [0.25, 0.3) is 11.3 Å². The number of para-hydroxylation sites is 1. The van der Waals surface area contributed by atoms with Gasteiger partial charge >= 0.3 is 6.18 Å². The van der Waals surface area contributed by atoms with Crippen LogP contribution in [0.3, 0.4) is 0 Å². The molecule has 2 N–H and O–H groups in total. The van der Waals surface area contributed by atoms with Crippen molar-refractivity contribution in [3.63, 3.8) is 0 Å². The van der Waals surface area contributed by atoms with Gasteiger partial charge in [-0.05, 0) is 12.1 Å². The minimum absolute atomic E-state index is 0.0737. The summed E-state index contributed by atoms with van der Waals surface area (Å²) in [5, 5.41) is 0.328. The molecule has 1 aromatic carbocycles. The van der Waals surface area contributed by atoms with Crippen LogP contribution in [0.15, 0.2) is 18.2 Å². The van der Waals surface area contributed by atoms with Gasteiger partial charge in [-0.2, -0.15) is 13.2 Å². The first-order valence-corrected chi connectivity index (χ1v) is 5.87. The zero-order valence-corrected chi connectivity index (χ0v) is 9.73. The van der Waals surface area contributed by atoms with Crippen LogP contribution in [0.5, 0.6) is 5.75 Å². The van der Waals surface area contributed by atoms with Crippen LogP contribution in [0.1, 0.15) is 10.4 Å². The van der Waals surface area contributed by atoms with Gasteiger partial charge in [0.15, 0.2) is 5.13 Å². The number of benzene rings is 1. The highest BCUT2D eigenvalue weighted by Crippen LogP contribution is 2.46. The Balaban J connectivity index is 2.24. The Kier molecular flexibility index (Phi) is 2.28. The molecule has 1 aliphatic rings. The van der Waals surface area contributed by atoms with E-state index in [1.54, 1.807) is 6.07 Å². The second kappa shape index (κ2) is 3.61. The van der Waals surface area contributed by atoms with Crippen molar-refractivity contribution in [2.24, 2.45) is 0 Å². The number of ether oxygens (including phenoxy) is 1. The molecule has 0 fully saturated rings. The molecule has 0 atom stereocenters. The minimum Gasteiger partial charge on any atom is -0.487 e. The van der Waals surface area contributed by atoms with Gasteiger partial charge in [-0.15, -0.1) is 0 Å². The fourth-order valence-electron chi connectivity index (χ4n) is 1.92. The summed E-state index contributed by atoms with van der Waals surface area (Å²) in [6, 6.07) is 3.90. The van der Waals surface area contributed by atoms with E-state index in [4.69, 9.17) is 10.5 Å². The number of thiazole rings is 1. The molecule has 1 aliphatic heterocycles. The Hall–Kier alpha value is -1.76. The molecule has 18 heavy (non-hydrogen) atoms. The Morgan fingerprint density at radius 1 is 1.33 bits per heavy atom. The normalized spacial score (nSPS) is 13.7. The van der Waals surface area contributed by atoms with E-state index in [0.29, 0.717) is 16.4 Å². The molecule has 7 heteroatoms. The molecular formula is C11H7F3N2OS. The van der Waals surface area contributed by atoms with Crippen LogP contribution in [-0.4, -0.2) is 4.98 Å². The Morgan fingerprint density at radius 2 is 2.11 bits per heavy atom. The topological polar surface area (TPSA) is 48.1 Å². The number of alkyl halides is 3. The van der Waals surface area contributed by atoms with Gasteiger partial charge < -0.3 is 10.5 Å². The quantitative estimate of drug-likeness (QED) is 0.800. The number of hydrogen-bond donors (Lipinski definition) is 1. The molecule has 94 valence electrons. The van der Waals surface area contributed by atoms with Gasteiger partial charge in [-0.1, -0.05) is 17.4 Å². The maximum absolute atomic E-state index is 12.8. The van der Waals surface area contributed by atoms with Gasteiger partial charge in [-0.25, -0.2) is 4.98 Å². The van der Waals surface area contributed by atoms with E-state index in [9.17, 15) is 13.2 Å². The minimum atomic E-state index is -4.44. The van der Waals surface area contributed by atoms with E-state index >= 15 is 0 Å². The van der Waals surface area contributed by atoms with E-state index < -0.39 is 11.7 Å². The van der Waals surface area contributed by atoms with E-state index in [1.807, 2.05) is 0 Å². The molecule has 0 saturated carbocycles. The largest absolute Gasteiger partial charge is 0.487 e. The van der Waals surface area contributed by atoms with Gasteiger partial charge in [0.25, 0.3) is 0 Å². The summed E-state index contributed by atoms with van der Waals surface area (Å²) < 4.78 is 43.7. The number of hydrogen-bond acceptors (Lipinski definition) is 4. The van der Waals surface area contributed by atoms with Crippen LogP contribution in [0.2, 0.25) is 0 Å². The number of nitrogens with zero attached hydrogens (tertiary/aromatic N) is 1. The average Bonchev–Trinajstić information content (AvgIpc) is 2.67. The monoisotopic (exact) mass is 272 g/mol. The molecule has 2 aromatic rings. The van der Waals surface area contributed by atoms with Crippen LogP contribution in [-0.2, 0) is 12.8 Å². The maximum atomic E-state index is 12.8. The van der Waals surface area contributed by atoms with E-state index in [-0.39, 0.29) is 12.4 Å². The lowest BCUT2D eigenvalue weighted by Gasteiger charge is -2.20. The Labute approximate surface area is 104 Å². The third-order valence-electron chi connectivity index (χ3n) is 2.64. The van der Waals surface area contributed by atoms with Crippen molar-refractivity contribution in [2.45, 2.75) is 12.8 Å². The lowest BCUT2D eigenvalue weighted by molar-refractivity contribution is -0.139. The highest BCUT2D eigenvalue weighted by molar-refractivity contribution is 7.15. The first-order chi connectivity index (χ1) is 8.47. The zero-order valence-electron chi connectivity index (χ0n) is 8.91. The van der Waals surface area contributed by atoms with Crippen LogP contribution in [0, 0.1) is 0 Å². The summed E-state index contributed by atoms with van der Waals surface area (Å²) in [6.45, 7) is 0.0737. The maximum Gasteiger partial charge on any atom is 0.419 e. The third kappa shape index (κ3) is 1.62. The number of rotatable bonds is 0.